The zero-order chi connectivity index (χ0) is 14.0. The van der Waals surface area contributed by atoms with Crippen molar-refractivity contribution in [3.8, 4) is 0 Å². The SMILES string of the molecule is CC(C)(NC(=O)C1=COCCO1)C(C)(C)C(=O)O. The van der Waals surface area contributed by atoms with Crippen LogP contribution in [0, 0.1) is 5.41 Å². The smallest absolute Gasteiger partial charge is 0.311 e. The molecule has 0 aromatic heterocycles. The van der Waals surface area contributed by atoms with Crippen LogP contribution in [-0.4, -0.2) is 35.7 Å². The topological polar surface area (TPSA) is 84.9 Å². The van der Waals surface area contributed by atoms with Gasteiger partial charge in [0.05, 0.1) is 11.0 Å². The summed E-state index contributed by atoms with van der Waals surface area (Å²) in [6.07, 6.45) is 1.24. The first kappa shape index (κ1) is 14.3. The second kappa shape index (κ2) is 4.88. The van der Waals surface area contributed by atoms with Gasteiger partial charge in [-0.15, -0.1) is 0 Å². The summed E-state index contributed by atoms with van der Waals surface area (Å²) in [5.41, 5.74) is -2.05. The van der Waals surface area contributed by atoms with Crippen molar-refractivity contribution in [2.75, 3.05) is 13.2 Å². The van der Waals surface area contributed by atoms with Crippen LogP contribution in [0.25, 0.3) is 0 Å². The van der Waals surface area contributed by atoms with E-state index >= 15 is 0 Å². The average Bonchev–Trinajstić information content (AvgIpc) is 2.29. The molecule has 0 spiro atoms. The van der Waals surface area contributed by atoms with Gasteiger partial charge < -0.3 is 19.9 Å². The molecule has 0 bridgehead atoms. The summed E-state index contributed by atoms with van der Waals surface area (Å²) in [5.74, 6) is -1.40. The molecule has 0 aromatic carbocycles. The molecular formula is C12H19NO5. The number of amides is 1. The van der Waals surface area contributed by atoms with E-state index in [9.17, 15) is 14.7 Å². The van der Waals surface area contributed by atoms with Crippen LogP contribution in [0.5, 0.6) is 0 Å². The standard InChI is InChI=1S/C12H19NO5/c1-11(2,10(15)16)12(3,4)13-9(14)8-7-17-5-6-18-8/h7H,5-6H2,1-4H3,(H,13,14)(H,15,16). The molecule has 102 valence electrons. The van der Waals surface area contributed by atoms with E-state index in [-0.39, 0.29) is 5.76 Å². The minimum absolute atomic E-state index is 0.0653. The quantitative estimate of drug-likeness (QED) is 0.781. The molecule has 1 rings (SSSR count). The number of hydrogen-bond donors (Lipinski definition) is 2. The molecule has 0 unspecified atom stereocenters. The Morgan fingerprint density at radius 3 is 2.33 bits per heavy atom. The van der Waals surface area contributed by atoms with Crippen molar-refractivity contribution in [2.45, 2.75) is 33.2 Å². The molecule has 0 saturated heterocycles. The minimum atomic E-state index is -1.11. The van der Waals surface area contributed by atoms with Crippen LogP contribution in [0.4, 0.5) is 0 Å². The summed E-state index contributed by atoms with van der Waals surface area (Å²) >= 11 is 0. The largest absolute Gasteiger partial charge is 0.494 e. The molecule has 1 aliphatic rings. The van der Waals surface area contributed by atoms with Crippen molar-refractivity contribution >= 4 is 11.9 Å². The maximum Gasteiger partial charge on any atom is 0.311 e. The highest BCUT2D eigenvalue weighted by atomic mass is 16.6. The van der Waals surface area contributed by atoms with E-state index in [0.717, 1.165) is 0 Å². The Balaban J connectivity index is 2.79. The number of carboxylic acids is 1. The number of carbonyl (C=O) groups is 2. The predicted octanol–water partition coefficient (Wildman–Crippen LogP) is 0.880. The van der Waals surface area contributed by atoms with E-state index in [2.05, 4.69) is 5.32 Å². The molecule has 0 saturated carbocycles. The number of aliphatic carboxylic acids is 1. The van der Waals surface area contributed by atoms with Gasteiger partial charge in [0.25, 0.3) is 5.91 Å². The second-order valence-electron chi connectivity index (χ2n) is 5.21. The first-order valence-corrected chi connectivity index (χ1v) is 5.69. The number of nitrogens with one attached hydrogen (secondary N) is 1. The second-order valence-corrected chi connectivity index (χ2v) is 5.21. The Morgan fingerprint density at radius 1 is 1.28 bits per heavy atom. The van der Waals surface area contributed by atoms with E-state index < -0.39 is 22.8 Å². The molecule has 6 heteroatoms. The van der Waals surface area contributed by atoms with Gasteiger partial charge in [0.2, 0.25) is 5.76 Å². The molecule has 1 aliphatic heterocycles. The lowest BCUT2D eigenvalue weighted by Crippen LogP contribution is -2.57. The molecule has 0 aromatic rings. The predicted molar refractivity (Wildman–Crippen MR) is 63.6 cm³/mol. The summed E-state index contributed by atoms with van der Waals surface area (Å²) in [4.78, 5) is 23.1. The van der Waals surface area contributed by atoms with Gasteiger partial charge in [0.15, 0.2) is 0 Å². The van der Waals surface area contributed by atoms with Crippen LogP contribution in [0.2, 0.25) is 0 Å². The fraction of sp³-hybridized carbons (Fsp3) is 0.667. The van der Waals surface area contributed by atoms with Crippen molar-refractivity contribution in [3.05, 3.63) is 12.0 Å². The third-order valence-electron chi connectivity index (χ3n) is 3.40. The fourth-order valence-corrected chi connectivity index (χ4v) is 1.26. The summed E-state index contributed by atoms with van der Waals surface area (Å²) in [6, 6.07) is 0. The Labute approximate surface area is 106 Å². The van der Waals surface area contributed by atoms with Crippen LogP contribution < -0.4 is 5.32 Å². The highest BCUT2D eigenvalue weighted by Crippen LogP contribution is 2.31. The molecule has 0 fully saturated rings. The molecule has 6 nitrogen and oxygen atoms in total. The van der Waals surface area contributed by atoms with E-state index in [0.29, 0.717) is 13.2 Å². The molecule has 0 radical (unpaired) electrons. The average molecular weight is 257 g/mol. The Bertz CT molecular complexity index is 384. The van der Waals surface area contributed by atoms with Gasteiger partial charge in [-0.05, 0) is 27.7 Å². The van der Waals surface area contributed by atoms with Crippen LogP contribution in [0.15, 0.2) is 12.0 Å². The molecule has 18 heavy (non-hydrogen) atoms. The van der Waals surface area contributed by atoms with Crippen molar-refractivity contribution in [1.29, 1.82) is 0 Å². The zero-order valence-corrected chi connectivity index (χ0v) is 11.1. The number of carbonyl (C=O) groups excluding carboxylic acids is 1. The van der Waals surface area contributed by atoms with E-state index in [1.165, 1.54) is 6.26 Å². The first-order chi connectivity index (χ1) is 8.18. The molecule has 0 aliphatic carbocycles. The van der Waals surface area contributed by atoms with Gasteiger partial charge in [0, 0.05) is 0 Å². The molecule has 0 atom stereocenters. The monoisotopic (exact) mass is 257 g/mol. The summed E-state index contributed by atoms with van der Waals surface area (Å²) in [7, 11) is 0. The van der Waals surface area contributed by atoms with Crippen LogP contribution in [-0.2, 0) is 19.1 Å². The first-order valence-electron chi connectivity index (χ1n) is 5.69. The highest BCUT2D eigenvalue weighted by molar-refractivity contribution is 5.92. The van der Waals surface area contributed by atoms with E-state index in [4.69, 9.17) is 9.47 Å². The van der Waals surface area contributed by atoms with E-state index in [1.807, 2.05) is 0 Å². The highest BCUT2D eigenvalue weighted by Gasteiger charge is 2.45. The van der Waals surface area contributed by atoms with Gasteiger partial charge in [-0.1, -0.05) is 0 Å². The molecule has 1 amide bonds. The fourth-order valence-electron chi connectivity index (χ4n) is 1.26. The minimum Gasteiger partial charge on any atom is -0.494 e. The number of rotatable bonds is 4. The normalized spacial score (nSPS) is 16.1. The van der Waals surface area contributed by atoms with Crippen LogP contribution in [0.3, 0.4) is 0 Å². The maximum absolute atomic E-state index is 11.9. The Hall–Kier alpha value is -1.72. The lowest BCUT2D eigenvalue weighted by Gasteiger charge is -2.38. The van der Waals surface area contributed by atoms with Gasteiger partial charge in [0.1, 0.15) is 19.5 Å². The van der Waals surface area contributed by atoms with Crippen molar-refractivity contribution in [3.63, 3.8) is 0 Å². The molecular weight excluding hydrogens is 238 g/mol. The summed E-state index contributed by atoms with van der Waals surface area (Å²) in [6.45, 7) is 7.14. The van der Waals surface area contributed by atoms with Crippen molar-refractivity contribution < 1.29 is 24.2 Å². The van der Waals surface area contributed by atoms with Crippen LogP contribution in [0.1, 0.15) is 27.7 Å². The van der Waals surface area contributed by atoms with Crippen molar-refractivity contribution in [2.24, 2.45) is 5.41 Å². The lowest BCUT2D eigenvalue weighted by atomic mass is 9.74. The number of hydrogen-bond acceptors (Lipinski definition) is 4. The third-order valence-corrected chi connectivity index (χ3v) is 3.40. The van der Waals surface area contributed by atoms with Crippen molar-refractivity contribution in [1.82, 2.24) is 5.32 Å². The summed E-state index contributed by atoms with van der Waals surface area (Å²) in [5, 5.41) is 11.8. The maximum atomic E-state index is 11.9. The Kier molecular flexibility index (Phi) is 3.88. The van der Waals surface area contributed by atoms with Crippen LogP contribution >= 0.6 is 0 Å². The van der Waals surface area contributed by atoms with Gasteiger partial charge >= 0.3 is 5.97 Å². The van der Waals surface area contributed by atoms with E-state index in [1.54, 1.807) is 27.7 Å². The number of carboxylic acid groups (broad SMARTS) is 1. The van der Waals surface area contributed by atoms with Gasteiger partial charge in [-0.2, -0.15) is 0 Å². The Morgan fingerprint density at radius 2 is 1.89 bits per heavy atom. The summed E-state index contributed by atoms with van der Waals surface area (Å²) < 4.78 is 10.1. The number of ether oxygens (including phenoxy) is 2. The van der Waals surface area contributed by atoms with Gasteiger partial charge in [-0.3, -0.25) is 9.59 Å². The molecule has 1 heterocycles. The third kappa shape index (κ3) is 2.75. The zero-order valence-electron chi connectivity index (χ0n) is 11.1. The lowest BCUT2D eigenvalue weighted by molar-refractivity contribution is -0.151. The molecule has 2 N–H and O–H groups in total. The van der Waals surface area contributed by atoms with Gasteiger partial charge in [-0.25, -0.2) is 0 Å².